The Kier molecular flexibility index (Phi) is 7.02. The third-order valence-corrected chi connectivity index (χ3v) is 12.6. The molecule has 1 aliphatic heterocycles. The Morgan fingerprint density at radius 2 is 1.85 bits per heavy atom. The van der Waals surface area contributed by atoms with E-state index in [2.05, 4.69) is 58.9 Å². The minimum Gasteiger partial charge on any atom is -0.422 e. The zero-order valence-corrected chi connectivity index (χ0v) is 23.9. The summed E-state index contributed by atoms with van der Waals surface area (Å²) in [5.41, 5.74) is -0.459. The molecule has 0 aromatic carbocycles. The minimum absolute atomic E-state index is 0.0492. The fourth-order valence-corrected chi connectivity index (χ4v) is 5.76. The van der Waals surface area contributed by atoms with Gasteiger partial charge in [-0.3, -0.25) is 4.40 Å². The van der Waals surface area contributed by atoms with Gasteiger partial charge >= 0.3 is 12.1 Å². The average molecular weight is 583 g/mol. The topological polar surface area (TPSA) is 81.6 Å². The number of hydrogen-bond acceptors (Lipinski definition) is 7. The van der Waals surface area contributed by atoms with Crippen molar-refractivity contribution in [1.29, 1.82) is 0 Å². The van der Waals surface area contributed by atoms with Gasteiger partial charge in [0.25, 0.3) is 5.89 Å². The number of halogens is 5. The van der Waals surface area contributed by atoms with Crippen molar-refractivity contribution in [2.75, 3.05) is 26.2 Å². The summed E-state index contributed by atoms with van der Waals surface area (Å²) in [6.07, 6.45) is -2.65. The van der Waals surface area contributed by atoms with Crippen LogP contribution < -0.4 is 0 Å². The Morgan fingerprint density at radius 3 is 2.50 bits per heavy atom. The molecule has 216 valence electrons. The first-order chi connectivity index (χ1) is 18.6. The summed E-state index contributed by atoms with van der Waals surface area (Å²) in [7, 11) is -1.93. The highest BCUT2D eigenvalue weighted by Gasteiger charge is 2.60. The van der Waals surface area contributed by atoms with Gasteiger partial charge in [-0.15, -0.1) is 10.2 Å². The first kappa shape index (κ1) is 28.6. The molecule has 0 aliphatic carbocycles. The molecule has 40 heavy (non-hydrogen) atoms. The van der Waals surface area contributed by atoms with Gasteiger partial charge in [-0.25, -0.2) is 9.97 Å². The lowest BCUT2D eigenvalue weighted by atomic mass is 9.94. The van der Waals surface area contributed by atoms with Gasteiger partial charge in [0, 0.05) is 31.3 Å². The van der Waals surface area contributed by atoms with Crippen molar-refractivity contribution in [3.8, 4) is 11.6 Å². The van der Waals surface area contributed by atoms with Crippen LogP contribution in [-0.4, -0.2) is 70.2 Å². The van der Waals surface area contributed by atoms with E-state index in [1.807, 2.05) is 0 Å². The molecule has 0 bridgehead atoms. The van der Waals surface area contributed by atoms with E-state index in [1.54, 1.807) is 12.1 Å². The van der Waals surface area contributed by atoms with Gasteiger partial charge in [0.1, 0.15) is 22.7 Å². The zero-order valence-electron chi connectivity index (χ0n) is 22.9. The van der Waals surface area contributed by atoms with Gasteiger partial charge in [0.2, 0.25) is 6.39 Å². The molecule has 8 nitrogen and oxygen atoms in total. The van der Waals surface area contributed by atoms with Crippen LogP contribution in [0.1, 0.15) is 44.4 Å². The summed E-state index contributed by atoms with van der Waals surface area (Å²) in [4.78, 5) is 10.4. The van der Waals surface area contributed by atoms with Crippen LogP contribution in [0.15, 0.2) is 35.2 Å². The molecule has 1 atom stereocenters. The zero-order chi connectivity index (χ0) is 29.1. The first-order valence-electron chi connectivity index (χ1n) is 13.0. The summed E-state index contributed by atoms with van der Waals surface area (Å²) >= 11 is 0. The summed E-state index contributed by atoms with van der Waals surface area (Å²) in [6, 6.07) is 4.24. The molecule has 5 rings (SSSR count). The van der Waals surface area contributed by atoms with Crippen molar-refractivity contribution in [3.63, 3.8) is 0 Å². The number of aromatic nitrogens is 5. The van der Waals surface area contributed by atoms with E-state index in [0.717, 1.165) is 12.5 Å². The second kappa shape index (κ2) is 9.84. The molecule has 1 saturated heterocycles. The quantitative estimate of drug-likeness (QED) is 0.184. The SMILES string of the molecule is CC(C)(C)[Si](C)(C)OCCN1CCC(c2cc(C(F)(F)C(F)(F)F)nc3c2ccc2nc(-c4nnco4)cn23)C1. The second-order valence-electron chi connectivity index (χ2n) is 11.7. The molecular weight excluding hydrogens is 551 g/mol. The lowest BCUT2D eigenvalue weighted by Crippen LogP contribution is -2.42. The van der Waals surface area contributed by atoms with Crippen molar-refractivity contribution in [2.24, 2.45) is 0 Å². The van der Waals surface area contributed by atoms with Crippen LogP contribution >= 0.6 is 0 Å². The van der Waals surface area contributed by atoms with Gasteiger partial charge in [0.05, 0.1) is 0 Å². The fraction of sp³-hybridized carbons (Fsp3) is 0.538. The summed E-state index contributed by atoms with van der Waals surface area (Å²) in [5.74, 6) is -5.32. The number of likely N-dealkylation sites (tertiary alicyclic amines) is 1. The van der Waals surface area contributed by atoms with Crippen LogP contribution in [0.5, 0.6) is 0 Å². The predicted octanol–water partition coefficient (Wildman–Crippen LogP) is 6.40. The largest absolute Gasteiger partial charge is 0.459 e. The normalized spacial score (nSPS) is 17.9. The van der Waals surface area contributed by atoms with Crippen molar-refractivity contribution in [1.82, 2.24) is 29.5 Å². The van der Waals surface area contributed by atoms with Crippen LogP contribution in [-0.2, 0) is 10.3 Å². The number of rotatable bonds is 7. The highest BCUT2D eigenvalue weighted by molar-refractivity contribution is 6.74. The molecule has 4 aromatic rings. The number of nitrogens with zero attached hydrogens (tertiary/aromatic N) is 6. The summed E-state index contributed by atoms with van der Waals surface area (Å²) in [6.45, 7) is 13.2. The molecule has 0 spiro atoms. The van der Waals surface area contributed by atoms with E-state index in [9.17, 15) is 22.0 Å². The second-order valence-corrected chi connectivity index (χ2v) is 16.5. The first-order valence-corrected chi connectivity index (χ1v) is 15.9. The lowest BCUT2D eigenvalue weighted by molar-refractivity contribution is -0.290. The number of pyridine rings is 2. The molecule has 1 fully saturated rings. The fourth-order valence-electron chi connectivity index (χ4n) is 4.72. The summed E-state index contributed by atoms with van der Waals surface area (Å²) in [5, 5.41) is 7.95. The van der Waals surface area contributed by atoms with E-state index in [1.165, 1.54) is 10.6 Å². The van der Waals surface area contributed by atoms with E-state index < -0.39 is 26.1 Å². The Balaban J connectivity index is 1.51. The molecule has 0 radical (unpaired) electrons. The van der Waals surface area contributed by atoms with Gasteiger partial charge in [-0.05, 0) is 60.8 Å². The van der Waals surface area contributed by atoms with Crippen LogP contribution in [0.2, 0.25) is 18.1 Å². The molecule has 1 aliphatic rings. The maximum Gasteiger partial charge on any atom is 0.459 e. The smallest absolute Gasteiger partial charge is 0.422 e. The van der Waals surface area contributed by atoms with Gasteiger partial charge in [-0.2, -0.15) is 22.0 Å². The van der Waals surface area contributed by atoms with Crippen LogP contribution in [0.25, 0.3) is 28.3 Å². The Bertz CT molecular complexity index is 1510. The Labute approximate surface area is 228 Å². The third-order valence-electron chi connectivity index (χ3n) is 8.08. The summed E-state index contributed by atoms with van der Waals surface area (Å²) < 4.78 is 82.6. The molecule has 0 amide bonds. The van der Waals surface area contributed by atoms with E-state index in [-0.39, 0.29) is 28.2 Å². The third kappa shape index (κ3) is 5.12. The average Bonchev–Trinajstić information content (AvgIpc) is 3.62. The molecule has 1 unspecified atom stereocenters. The molecule has 0 N–H and O–H groups in total. The number of fused-ring (bicyclic) bond motifs is 3. The van der Waals surface area contributed by atoms with E-state index in [4.69, 9.17) is 8.84 Å². The van der Waals surface area contributed by atoms with Crippen molar-refractivity contribution in [3.05, 3.63) is 42.0 Å². The van der Waals surface area contributed by atoms with Gasteiger partial charge in [0.15, 0.2) is 8.32 Å². The highest BCUT2D eigenvalue weighted by Crippen LogP contribution is 2.45. The Hall–Kier alpha value is -2.97. The predicted molar refractivity (Wildman–Crippen MR) is 141 cm³/mol. The van der Waals surface area contributed by atoms with E-state index >= 15 is 0 Å². The number of hydrogen-bond donors (Lipinski definition) is 0. The molecular formula is C26H31F5N6O2Si. The number of imidazole rings is 1. The van der Waals surface area contributed by atoms with Crippen LogP contribution in [0.3, 0.4) is 0 Å². The molecule has 5 heterocycles. The van der Waals surface area contributed by atoms with E-state index in [0.29, 0.717) is 49.3 Å². The Morgan fingerprint density at radius 1 is 1.10 bits per heavy atom. The van der Waals surface area contributed by atoms with Crippen LogP contribution in [0, 0.1) is 0 Å². The van der Waals surface area contributed by atoms with Crippen molar-refractivity contribution in [2.45, 2.75) is 63.3 Å². The molecule has 0 saturated carbocycles. The molecule has 4 aromatic heterocycles. The molecule has 14 heteroatoms. The highest BCUT2D eigenvalue weighted by atomic mass is 28.4. The lowest BCUT2D eigenvalue weighted by Gasteiger charge is -2.36. The number of alkyl halides is 5. The van der Waals surface area contributed by atoms with Crippen LogP contribution in [0.4, 0.5) is 22.0 Å². The maximum atomic E-state index is 14.7. The maximum absolute atomic E-state index is 14.7. The monoisotopic (exact) mass is 582 g/mol. The minimum atomic E-state index is -5.80. The standard InChI is InChI=1S/C26H31F5N6O2Si/c1-24(2,3)40(4,5)39-11-10-36-9-8-16(13-36)18-12-20(25(27,28)26(29,30)31)34-22-17(18)6-7-21-33-19(14-37(21)22)23-35-32-15-38-23/h6-7,12,14-16H,8-11,13H2,1-5H3. The van der Waals surface area contributed by atoms with Crippen molar-refractivity contribution >= 4 is 25.0 Å². The van der Waals surface area contributed by atoms with Gasteiger partial charge in [-0.1, -0.05) is 20.8 Å². The van der Waals surface area contributed by atoms with Crippen molar-refractivity contribution < 1.29 is 30.8 Å². The van der Waals surface area contributed by atoms with Gasteiger partial charge < -0.3 is 13.7 Å².